The van der Waals surface area contributed by atoms with Gasteiger partial charge in [0.2, 0.25) is 0 Å². The second kappa shape index (κ2) is 5.51. The van der Waals surface area contributed by atoms with E-state index in [-0.39, 0.29) is 0 Å². The normalized spacial score (nSPS) is 22.5. The Hall–Kier alpha value is -0.120. The Balaban J connectivity index is 2.29. The number of nitrogens with one attached hydrogen (secondary N) is 1. The number of hydrogen-bond acceptors (Lipinski definition) is 3. The fourth-order valence-corrected chi connectivity index (χ4v) is 1.88. The molecule has 0 amide bonds. The molecule has 0 aliphatic carbocycles. The van der Waals surface area contributed by atoms with Crippen molar-refractivity contribution in [3.63, 3.8) is 0 Å². The summed E-state index contributed by atoms with van der Waals surface area (Å²) in [5.41, 5.74) is 5.57. The highest BCUT2D eigenvalue weighted by molar-refractivity contribution is 4.75. The van der Waals surface area contributed by atoms with Crippen molar-refractivity contribution in [3.8, 4) is 0 Å². The van der Waals surface area contributed by atoms with Crippen LogP contribution in [0.25, 0.3) is 0 Å². The van der Waals surface area contributed by atoms with Crippen molar-refractivity contribution in [2.45, 2.75) is 25.8 Å². The summed E-state index contributed by atoms with van der Waals surface area (Å²) in [6, 6.07) is 0.720. The van der Waals surface area contributed by atoms with E-state index in [9.17, 15) is 0 Å². The number of piperazine rings is 1. The minimum atomic E-state index is 0.720. The van der Waals surface area contributed by atoms with Crippen molar-refractivity contribution in [2.75, 3.05) is 32.7 Å². The third-order valence-corrected chi connectivity index (χ3v) is 2.64. The Kier molecular flexibility index (Phi) is 4.58. The van der Waals surface area contributed by atoms with Gasteiger partial charge in [0.1, 0.15) is 0 Å². The zero-order valence-corrected chi connectivity index (χ0v) is 8.05. The molecule has 1 fully saturated rings. The summed E-state index contributed by atoms with van der Waals surface area (Å²) in [5, 5.41) is 3.36. The van der Waals surface area contributed by atoms with Crippen molar-refractivity contribution < 1.29 is 0 Å². The predicted octanol–water partition coefficient (Wildman–Crippen LogP) is 0.0190. The molecule has 1 aliphatic heterocycles. The molecular weight excluding hydrogens is 150 g/mol. The third kappa shape index (κ3) is 2.73. The Labute approximate surface area is 75.3 Å². The smallest absolute Gasteiger partial charge is 0.0110 e. The fourth-order valence-electron chi connectivity index (χ4n) is 1.88. The van der Waals surface area contributed by atoms with Gasteiger partial charge < -0.3 is 11.1 Å². The van der Waals surface area contributed by atoms with Gasteiger partial charge in [0, 0.05) is 32.2 Å². The van der Waals surface area contributed by atoms with E-state index in [1.807, 2.05) is 0 Å². The van der Waals surface area contributed by atoms with Gasteiger partial charge in [-0.05, 0) is 19.4 Å². The van der Waals surface area contributed by atoms with Crippen LogP contribution in [0.1, 0.15) is 19.8 Å². The van der Waals surface area contributed by atoms with E-state index in [1.54, 1.807) is 0 Å². The SMILES string of the molecule is CCC(CCN)N1CCNCC1. The second-order valence-corrected chi connectivity index (χ2v) is 3.43. The van der Waals surface area contributed by atoms with E-state index >= 15 is 0 Å². The van der Waals surface area contributed by atoms with Gasteiger partial charge in [-0.1, -0.05) is 6.92 Å². The van der Waals surface area contributed by atoms with Crippen LogP contribution in [0, 0.1) is 0 Å². The molecule has 1 saturated heterocycles. The molecule has 0 aromatic carbocycles. The van der Waals surface area contributed by atoms with Gasteiger partial charge in [0.15, 0.2) is 0 Å². The van der Waals surface area contributed by atoms with Crippen LogP contribution < -0.4 is 11.1 Å². The molecule has 0 saturated carbocycles. The Morgan fingerprint density at radius 2 is 2.08 bits per heavy atom. The molecule has 72 valence electrons. The van der Waals surface area contributed by atoms with E-state index in [4.69, 9.17) is 5.73 Å². The Morgan fingerprint density at radius 3 is 2.58 bits per heavy atom. The largest absolute Gasteiger partial charge is 0.330 e. The van der Waals surface area contributed by atoms with E-state index in [0.717, 1.165) is 32.1 Å². The first kappa shape index (κ1) is 9.96. The summed E-state index contributed by atoms with van der Waals surface area (Å²) in [7, 11) is 0. The van der Waals surface area contributed by atoms with Gasteiger partial charge in [0.25, 0.3) is 0 Å². The molecule has 3 heteroatoms. The first-order chi connectivity index (χ1) is 5.88. The maximum Gasteiger partial charge on any atom is 0.0110 e. The Bertz CT molecular complexity index is 108. The lowest BCUT2D eigenvalue weighted by molar-refractivity contribution is 0.162. The van der Waals surface area contributed by atoms with Gasteiger partial charge in [-0.2, -0.15) is 0 Å². The van der Waals surface area contributed by atoms with Crippen LogP contribution in [-0.4, -0.2) is 43.7 Å². The lowest BCUT2D eigenvalue weighted by Crippen LogP contribution is -2.48. The van der Waals surface area contributed by atoms with Crippen LogP contribution in [0.2, 0.25) is 0 Å². The van der Waals surface area contributed by atoms with Crippen molar-refractivity contribution in [1.29, 1.82) is 0 Å². The molecule has 1 atom stereocenters. The van der Waals surface area contributed by atoms with E-state index in [0.29, 0.717) is 0 Å². The summed E-state index contributed by atoms with van der Waals surface area (Å²) < 4.78 is 0. The van der Waals surface area contributed by atoms with Crippen LogP contribution in [-0.2, 0) is 0 Å². The van der Waals surface area contributed by atoms with Gasteiger partial charge in [-0.3, -0.25) is 4.90 Å². The first-order valence-corrected chi connectivity index (χ1v) is 5.03. The highest BCUT2D eigenvalue weighted by Crippen LogP contribution is 2.08. The molecule has 0 radical (unpaired) electrons. The minimum Gasteiger partial charge on any atom is -0.330 e. The van der Waals surface area contributed by atoms with Crippen molar-refractivity contribution >= 4 is 0 Å². The molecule has 0 aromatic rings. The van der Waals surface area contributed by atoms with E-state index < -0.39 is 0 Å². The average Bonchev–Trinajstić information content (AvgIpc) is 2.15. The molecule has 1 aliphatic rings. The number of nitrogens with two attached hydrogens (primary N) is 1. The number of nitrogens with zero attached hydrogens (tertiary/aromatic N) is 1. The molecule has 1 rings (SSSR count). The second-order valence-electron chi connectivity index (χ2n) is 3.43. The average molecular weight is 171 g/mol. The topological polar surface area (TPSA) is 41.3 Å². The van der Waals surface area contributed by atoms with Crippen molar-refractivity contribution in [2.24, 2.45) is 5.73 Å². The van der Waals surface area contributed by atoms with Crippen LogP contribution >= 0.6 is 0 Å². The van der Waals surface area contributed by atoms with Crippen LogP contribution in [0.3, 0.4) is 0 Å². The maximum absolute atomic E-state index is 5.57. The maximum atomic E-state index is 5.57. The standard InChI is InChI=1S/C9H21N3/c1-2-9(3-4-10)12-7-5-11-6-8-12/h9,11H,2-8,10H2,1H3. The summed E-state index contributed by atoms with van der Waals surface area (Å²) >= 11 is 0. The summed E-state index contributed by atoms with van der Waals surface area (Å²) in [4.78, 5) is 2.56. The van der Waals surface area contributed by atoms with Crippen molar-refractivity contribution in [1.82, 2.24) is 10.2 Å². The fraction of sp³-hybridized carbons (Fsp3) is 1.00. The molecule has 0 spiro atoms. The van der Waals surface area contributed by atoms with Gasteiger partial charge in [0.05, 0.1) is 0 Å². The molecular formula is C9H21N3. The molecule has 3 N–H and O–H groups in total. The van der Waals surface area contributed by atoms with E-state index in [2.05, 4.69) is 17.1 Å². The highest BCUT2D eigenvalue weighted by Gasteiger charge is 2.17. The zero-order valence-electron chi connectivity index (χ0n) is 8.05. The Morgan fingerprint density at radius 1 is 1.42 bits per heavy atom. The summed E-state index contributed by atoms with van der Waals surface area (Å²) in [6.45, 7) is 7.74. The molecule has 0 aromatic heterocycles. The van der Waals surface area contributed by atoms with Crippen LogP contribution in [0.5, 0.6) is 0 Å². The highest BCUT2D eigenvalue weighted by atomic mass is 15.2. The van der Waals surface area contributed by atoms with Gasteiger partial charge in [-0.15, -0.1) is 0 Å². The lowest BCUT2D eigenvalue weighted by atomic mass is 10.1. The molecule has 1 heterocycles. The predicted molar refractivity (Wildman–Crippen MR) is 52.2 cm³/mol. The van der Waals surface area contributed by atoms with E-state index in [1.165, 1.54) is 19.5 Å². The molecule has 1 unspecified atom stereocenters. The molecule has 12 heavy (non-hydrogen) atoms. The third-order valence-electron chi connectivity index (χ3n) is 2.64. The van der Waals surface area contributed by atoms with Crippen LogP contribution in [0.15, 0.2) is 0 Å². The molecule has 0 bridgehead atoms. The number of hydrogen-bond donors (Lipinski definition) is 2. The quantitative estimate of drug-likeness (QED) is 0.626. The number of rotatable bonds is 4. The van der Waals surface area contributed by atoms with Gasteiger partial charge in [-0.25, -0.2) is 0 Å². The van der Waals surface area contributed by atoms with Gasteiger partial charge >= 0.3 is 0 Å². The van der Waals surface area contributed by atoms with Crippen LogP contribution in [0.4, 0.5) is 0 Å². The lowest BCUT2D eigenvalue weighted by Gasteiger charge is -2.34. The monoisotopic (exact) mass is 171 g/mol. The first-order valence-electron chi connectivity index (χ1n) is 5.03. The van der Waals surface area contributed by atoms with Crippen molar-refractivity contribution in [3.05, 3.63) is 0 Å². The molecule has 3 nitrogen and oxygen atoms in total. The summed E-state index contributed by atoms with van der Waals surface area (Å²) in [6.07, 6.45) is 2.38. The summed E-state index contributed by atoms with van der Waals surface area (Å²) in [5.74, 6) is 0. The minimum absolute atomic E-state index is 0.720. The zero-order chi connectivity index (χ0) is 8.81.